The molecular weight excluding hydrogens is 274 g/mol. The summed E-state index contributed by atoms with van der Waals surface area (Å²) in [7, 11) is 1.57. The highest BCUT2D eigenvalue weighted by atomic mass is 16.6. The summed E-state index contributed by atoms with van der Waals surface area (Å²) in [4.78, 5) is 22.7. The van der Waals surface area contributed by atoms with E-state index in [1.165, 1.54) is 6.07 Å². The Balaban J connectivity index is 2.10. The highest BCUT2D eigenvalue weighted by molar-refractivity contribution is 6.00. The van der Waals surface area contributed by atoms with Crippen LogP contribution in [0.15, 0.2) is 41.0 Å². The molecule has 2 N–H and O–H groups in total. The normalized spacial score (nSPS) is 10.1. The van der Waals surface area contributed by atoms with Crippen LogP contribution in [0.3, 0.4) is 0 Å². The first-order chi connectivity index (χ1) is 10.1. The summed E-state index contributed by atoms with van der Waals surface area (Å²) in [5, 5.41) is 16.5. The van der Waals surface area contributed by atoms with Crippen molar-refractivity contribution >= 4 is 17.3 Å². The molecule has 7 heteroatoms. The quantitative estimate of drug-likeness (QED) is 0.627. The third-order valence-corrected chi connectivity index (χ3v) is 2.97. The van der Waals surface area contributed by atoms with E-state index in [4.69, 9.17) is 4.42 Å². The Morgan fingerprint density at radius 3 is 2.76 bits per heavy atom. The average Bonchev–Trinajstić information content (AvgIpc) is 2.99. The Bertz CT molecular complexity index is 638. The van der Waals surface area contributed by atoms with Crippen LogP contribution in [0.4, 0.5) is 11.4 Å². The van der Waals surface area contributed by atoms with Crippen LogP contribution >= 0.6 is 0 Å². The van der Waals surface area contributed by atoms with Gasteiger partial charge in [0.2, 0.25) is 0 Å². The fourth-order valence-electron chi connectivity index (χ4n) is 1.97. The van der Waals surface area contributed by atoms with Gasteiger partial charge in [0.15, 0.2) is 0 Å². The lowest BCUT2D eigenvalue weighted by Gasteiger charge is -2.08. The molecule has 0 saturated carbocycles. The van der Waals surface area contributed by atoms with Gasteiger partial charge >= 0.3 is 5.69 Å². The number of anilines is 1. The molecular formula is C14H15N3O4. The molecule has 0 atom stereocenters. The van der Waals surface area contributed by atoms with E-state index < -0.39 is 10.8 Å². The van der Waals surface area contributed by atoms with Crippen LogP contribution in [0.25, 0.3) is 0 Å². The second-order valence-electron chi connectivity index (χ2n) is 4.29. The average molecular weight is 289 g/mol. The summed E-state index contributed by atoms with van der Waals surface area (Å²) in [5.41, 5.74) is 0.112. The fraction of sp³-hybridized carbons (Fsp3) is 0.214. The van der Waals surface area contributed by atoms with Crippen molar-refractivity contribution in [2.24, 2.45) is 0 Å². The van der Waals surface area contributed by atoms with Crippen molar-refractivity contribution in [3.63, 3.8) is 0 Å². The molecule has 2 rings (SSSR count). The molecule has 7 nitrogen and oxygen atoms in total. The first-order valence-corrected chi connectivity index (χ1v) is 6.39. The van der Waals surface area contributed by atoms with Crippen molar-refractivity contribution in [1.29, 1.82) is 0 Å². The van der Waals surface area contributed by atoms with Crippen LogP contribution in [0.2, 0.25) is 0 Å². The minimum absolute atomic E-state index is 0.0336. The van der Waals surface area contributed by atoms with E-state index in [-0.39, 0.29) is 11.3 Å². The van der Waals surface area contributed by atoms with Gasteiger partial charge in [0.1, 0.15) is 17.0 Å². The minimum Gasteiger partial charge on any atom is -0.469 e. The summed E-state index contributed by atoms with van der Waals surface area (Å²) >= 11 is 0. The van der Waals surface area contributed by atoms with Gasteiger partial charge in [-0.3, -0.25) is 14.9 Å². The molecule has 2 aromatic rings. The van der Waals surface area contributed by atoms with Crippen LogP contribution < -0.4 is 10.6 Å². The van der Waals surface area contributed by atoms with E-state index in [0.29, 0.717) is 18.7 Å². The molecule has 110 valence electrons. The van der Waals surface area contributed by atoms with Gasteiger partial charge < -0.3 is 15.1 Å². The monoisotopic (exact) mass is 289 g/mol. The van der Waals surface area contributed by atoms with Gasteiger partial charge in [0.05, 0.1) is 11.2 Å². The van der Waals surface area contributed by atoms with Gasteiger partial charge in [-0.1, -0.05) is 6.07 Å². The molecule has 0 bridgehead atoms. The molecule has 0 unspecified atom stereocenters. The minimum atomic E-state index is -0.562. The van der Waals surface area contributed by atoms with Crippen LogP contribution in [-0.4, -0.2) is 24.4 Å². The summed E-state index contributed by atoms with van der Waals surface area (Å²) in [6.07, 6.45) is 2.08. The van der Waals surface area contributed by atoms with Crippen molar-refractivity contribution in [2.75, 3.05) is 18.9 Å². The molecule has 0 aliphatic rings. The van der Waals surface area contributed by atoms with Gasteiger partial charge in [-0.25, -0.2) is 0 Å². The second-order valence-corrected chi connectivity index (χ2v) is 4.29. The molecule has 1 amide bonds. The standard InChI is InChI=1S/C14H15N3O4/c1-15-12-6-2-5-11(13(12)17(19)20)14(18)16-8-7-10-4-3-9-21-10/h2-6,9,15H,7-8H2,1H3,(H,16,18). The zero-order valence-electron chi connectivity index (χ0n) is 11.5. The molecule has 21 heavy (non-hydrogen) atoms. The Morgan fingerprint density at radius 2 is 2.14 bits per heavy atom. The SMILES string of the molecule is CNc1cccc(C(=O)NCCc2ccco2)c1[N+](=O)[O-]. The van der Waals surface area contributed by atoms with Gasteiger partial charge in [-0.15, -0.1) is 0 Å². The number of nitro benzene ring substituents is 1. The number of carbonyl (C=O) groups excluding carboxylic acids is 1. The molecule has 1 heterocycles. The zero-order valence-corrected chi connectivity index (χ0v) is 11.5. The van der Waals surface area contributed by atoms with Crippen molar-refractivity contribution in [2.45, 2.75) is 6.42 Å². The summed E-state index contributed by atoms with van der Waals surface area (Å²) in [6.45, 7) is 0.341. The molecule has 0 saturated heterocycles. The number of nitrogens with zero attached hydrogens (tertiary/aromatic N) is 1. The van der Waals surface area contributed by atoms with Crippen molar-refractivity contribution in [3.05, 3.63) is 58.0 Å². The van der Waals surface area contributed by atoms with Gasteiger partial charge in [-0.05, 0) is 24.3 Å². The lowest BCUT2D eigenvalue weighted by molar-refractivity contribution is -0.384. The Kier molecular flexibility index (Phi) is 4.55. The molecule has 0 spiro atoms. The fourth-order valence-corrected chi connectivity index (χ4v) is 1.97. The first kappa shape index (κ1) is 14.6. The number of nitro groups is 1. The molecule has 1 aromatic carbocycles. The van der Waals surface area contributed by atoms with E-state index in [1.54, 1.807) is 37.6 Å². The van der Waals surface area contributed by atoms with E-state index >= 15 is 0 Å². The predicted molar refractivity (Wildman–Crippen MR) is 77.4 cm³/mol. The number of benzene rings is 1. The Morgan fingerprint density at radius 1 is 1.33 bits per heavy atom. The molecule has 0 aliphatic carbocycles. The Labute approximate surface area is 121 Å². The van der Waals surface area contributed by atoms with Crippen LogP contribution in [0.5, 0.6) is 0 Å². The zero-order chi connectivity index (χ0) is 15.2. The largest absolute Gasteiger partial charge is 0.469 e. The smallest absolute Gasteiger partial charge is 0.305 e. The lowest BCUT2D eigenvalue weighted by Crippen LogP contribution is -2.26. The number of hydrogen-bond acceptors (Lipinski definition) is 5. The summed E-state index contributed by atoms with van der Waals surface area (Å²) in [6, 6.07) is 8.15. The van der Waals surface area contributed by atoms with E-state index in [0.717, 1.165) is 5.76 Å². The van der Waals surface area contributed by atoms with Crippen LogP contribution in [0, 0.1) is 10.1 Å². The summed E-state index contributed by atoms with van der Waals surface area (Å²) in [5.74, 6) is 0.263. The van der Waals surface area contributed by atoms with Crippen LogP contribution in [0.1, 0.15) is 16.1 Å². The van der Waals surface area contributed by atoms with Gasteiger partial charge in [0.25, 0.3) is 5.91 Å². The third-order valence-electron chi connectivity index (χ3n) is 2.97. The summed E-state index contributed by atoms with van der Waals surface area (Å²) < 4.78 is 5.15. The molecule has 1 aromatic heterocycles. The Hall–Kier alpha value is -2.83. The number of furan rings is 1. The highest BCUT2D eigenvalue weighted by Crippen LogP contribution is 2.28. The molecule has 0 fully saturated rings. The number of hydrogen-bond donors (Lipinski definition) is 2. The first-order valence-electron chi connectivity index (χ1n) is 6.39. The maximum Gasteiger partial charge on any atom is 0.305 e. The van der Waals surface area contributed by atoms with Crippen molar-refractivity contribution < 1.29 is 14.1 Å². The maximum absolute atomic E-state index is 12.1. The van der Waals surface area contributed by atoms with Gasteiger partial charge in [-0.2, -0.15) is 0 Å². The predicted octanol–water partition coefficient (Wildman–Crippen LogP) is 2.20. The topological polar surface area (TPSA) is 97.4 Å². The van der Waals surface area contributed by atoms with Crippen LogP contribution in [-0.2, 0) is 6.42 Å². The maximum atomic E-state index is 12.1. The van der Waals surface area contributed by atoms with Crippen molar-refractivity contribution in [3.8, 4) is 0 Å². The van der Waals surface area contributed by atoms with E-state index in [9.17, 15) is 14.9 Å². The van der Waals surface area contributed by atoms with E-state index in [1.807, 2.05) is 0 Å². The number of carbonyl (C=O) groups is 1. The lowest BCUT2D eigenvalue weighted by atomic mass is 10.1. The number of para-hydroxylation sites is 1. The molecule has 0 radical (unpaired) electrons. The number of nitrogens with one attached hydrogen (secondary N) is 2. The number of rotatable bonds is 6. The number of amides is 1. The highest BCUT2D eigenvalue weighted by Gasteiger charge is 2.23. The van der Waals surface area contributed by atoms with Gasteiger partial charge in [0, 0.05) is 20.0 Å². The molecule has 0 aliphatic heterocycles. The second kappa shape index (κ2) is 6.56. The van der Waals surface area contributed by atoms with Crippen molar-refractivity contribution in [1.82, 2.24) is 5.32 Å². The van der Waals surface area contributed by atoms with E-state index in [2.05, 4.69) is 10.6 Å². The third kappa shape index (κ3) is 3.38.